The lowest BCUT2D eigenvalue weighted by molar-refractivity contribution is 0.0928. The van der Waals surface area contributed by atoms with Crippen molar-refractivity contribution in [2.75, 3.05) is 0 Å². The molecule has 2 aromatic rings. The molecule has 102 valence electrons. The Hall–Kier alpha value is -1.46. The molecule has 2 heterocycles. The third-order valence-electron chi connectivity index (χ3n) is 2.75. The van der Waals surface area contributed by atoms with Gasteiger partial charge in [-0.15, -0.1) is 0 Å². The Bertz CT molecular complexity index is 577. The SMILES string of the molecule is C[C@H](Cn1cccn1)NC(=O)c1cc(Cl)c(Cl)n1C. The summed E-state index contributed by atoms with van der Waals surface area (Å²) in [7, 11) is 1.70. The highest BCUT2D eigenvalue weighted by atomic mass is 35.5. The Morgan fingerprint density at radius 3 is 2.79 bits per heavy atom. The van der Waals surface area contributed by atoms with Crippen LogP contribution in [0.1, 0.15) is 17.4 Å². The molecular formula is C12H14Cl2N4O. The van der Waals surface area contributed by atoms with Crippen molar-refractivity contribution in [2.45, 2.75) is 19.5 Å². The van der Waals surface area contributed by atoms with Gasteiger partial charge in [0.15, 0.2) is 0 Å². The number of hydrogen-bond donors (Lipinski definition) is 1. The molecule has 0 bridgehead atoms. The van der Waals surface area contributed by atoms with Gasteiger partial charge in [-0.1, -0.05) is 23.2 Å². The van der Waals surface area contributed by atoms with Crippen LogP contribution in [-0.4, -0.2) is 26.3 Å². The molecule has 2 aromatic heterocycles. The van der Waals surface area contributed by atoms with Crippen molar-refractivity contribution in [3.05, 3.63) is 40.4 Å². The molecule has 0 saturated carbocycles. The van der Waals surface area contributed by atoms with Crippen molar-refractivity contribution in [1.29, 1.82) is 0 Å². The molecule has 0 aliphatic heterocycles. The van der Waals surface area contributed by atoms with Gasteiger partial charge in [0.25, 0.3) is 5.91 Å². The van der Waals surface area contributed by atoms with Crippen LogP contribution in [-0.2, 0) is 13.6 Å². The first kappa shape index (κ1) is 14.0. The topological polar surface area (TPSA) is 51.9 Å². The average Bonchev–Trinajstić information content (AvgIpc) is 2.93. The maximum absolute atomic E-state index is 12.1. The van der Waals surface area contributed by atoms with Gasteiger partial charge in [-0.25, -0.2) is 0 Å². The molecule has 2 rings (SSSR count). The van der Waals surface area contributed by atoms with Crippen LogP contribution in [0.15, 0.2) is 24.5 Å². The predicted molar refractivity (Wildman–Crippen MR) is 74.6 cm³/mol. The monoisotopic (exact) mass is 300 g/mol. The van der Waals surface area contributed by atoms with Gasteiger partial charge in [-0.3, -0.25) is 9.48 Å². The normalized spacial score (nSPS) is 12.4. The highest BCUT2D eigenvalue weighted by molar-refractivity contribution is 6.41. The molecule has 19 heavy (non-hydrogen) atoms. The second-order valence-electron chi connectivity index (χ2n) is 4.33. The smallest absolute Gasteiger partial charge is 0.268 e. The lowest BCUT2D eigenvalue weighted by Crippen LogP contribution is -2.36. The summed E-state index contributed by atoms with van der Waals surface area (Å²) >= 11 is 11.8. The lowest BCUT2D eigenvalue weighted by atomic mass is 10.3. The van der Waals surface area contributed by atoms with E-state index in [0.717, 1.165) is 0 Å². The van der Waals surface area contributed by atoms with Gasteiger partial charge < -0.3 is 9.88 Å². The average molecular weight is 301 g/mol. The first-order chi connectivity index (χ1) is 8.99. The van der Waals surface area contributed by atoms with Crippen molar-refractivity contribution >= 4 is 29.1 Å². The van der Waals surface area contributed by atoms with E-state index < -0.39 is 0 Å². The zero-order valence-corrected chi connectivity index (χ0v) is 12.1. The van der Waals surface area contributed by atoms with Crippen LogP contribution in [0.5, 0.6) is 0 Å². The Morgan fingerprint density at radius 2 is 2.26 bits per heavy atom. The molecule has 1 N–H and O–H groups in total. The van der Waals surface area contributed by atoms with Crippen LogP contribution in [0.4, 0.5) is 0 Å². The van der Waals surface area contributed by atoms with Crippen LogP contribution in [0.3, 0.4) is 0 Å². The number of halogens is 2. The summed E-state index contributed by atoms with van der Waals surface area (Å²) in [5, 5.41) is 7.69. The highest BCUT2D eigenvalue weighted by Gasteiger charge is 2.17. The van der Waals surface area contributed by atoms with Crippen LogP contribution < -0.4 is 5.32 Å². The minimum Gasteiger partial charge on any atom is -0.346 e. The zero-order valence-electron chi connectivity index (χ0n) is 10.6. The molecule has 1 amide bonds. The third-order valence-corrected chi connectivity index (χ3v) is 3.59. The van der Waals surface area contributed by atoms with Crippen molar-refractivity contribution in [1.82, 2.24) is 19.7 Å². The summed E-state index contributed by atoms with van der Waals surface area (Å²) in [6, 6.07) is 3.34. The molecular weight excluding hydrogens is 287 g/mol. The Labute approximate surface area is 121 Å². The van der Waals surface area contributed by atoms with E-state index in [9.17, 15) is 4.79 Å². The Morgan fingerprint density at radius 1 is 1.53 bits per heavy atom. The number of nitrogens with one attached hydrogen (secondary N) is 1. The van der Waals surface area contributed by atoms with Crippen molar-refractivity contribution in [3.8, 4) is 0 Å². The van der Waals surface area contributed by atoms with Gasteiger partial charge in [0.05, 0.1) is 11.6 Å². The van der Waals surface area contributed by atoms with Gasteiger partial charge >= 0.3 is 0 Å². The first-order valence-electron chi connectivity index (χ1n) is 5.78. The van der Waals surface area contributed by atoms with Gasteiger partial charge in [-0.2, -0.15) is 5.10 Å². The predicted octanol–water partition coefficient (Wildman–Crippen LogP) is 2.35. The number of carbonyl (C=O) groups is 1. The van der Waals surface area contributed by atoms with E-state index >= 15 is 0 Å². The number of nitrogens with zero attached hydrogens (tertiary/aromatic N) is 3. The molecule has 0 unspecified atom stereocenters. The molecule has 7 heteroatoms. The van der Waals surface area contributed by atoms with E-state index in [2.05, 4.69) is 10.4 Å². The number of amides is 1. The van der Waals surface area contributed by atoms with Crippen LogP contribution in [0.25, 0.3) is 0 Å². The van der Waals surface area contributed by atoms with Crippen molar-refractivity contribution in [3.63, 3.8) is 0 Å². The number of carbonyl (C=O) groups excluding carboxylic acids is 1. The summed E-state index contributed by atoms with van der Waals surface area (Å²) in [5.74, 6) is -0.212. The maximum atomic E-state index is 12.1. The fraction of sp³-hybridized carbons (Fsp3) is 0.333. The molecule has 1 atom stereocenters. The summed E-state index contributed by atoms with van der Waals surface area (Å²) in [6.45, 7) is 2.51. The number of aromatic nitrogens is 3. The first-order valence-corrected chi connectivity index (χ1v) is 6.53. The molecule has 0 aliphatic rings. The zero-order chi connectivity index (χ0) is 14.0. The summed E-state index contributed by atoms with van der Waals surface area (Å²) in [6.07, 6.45) is 3.55. The molecule has 0 spiro atoms. The lowest BCUT2D eigenvalue weighted by Gasteiger charge is -2.14. The fourth-order valence-corrected chi connectivity index (χ4v) is 2.17. The summed E-state index contributed by atoms with van der Waals surface area (Å²) in [5.41, 5.74) is 0.433. The van der Waals surface area contributed by atoms with Gasteiger partial charge in [0, 0.05) is 25.5 Å². The third kappa shape index (κ3) is 3.11. The largest absolute Gasteiger partial charge is 0.346 e. The highest BCUT2D eigenvalue weighted by Crippen LogP contribution is 2.25. The second kappa shape index (κ2) is 5.67. The molecule has 0 aliphatic carbocycles. The van der Waals surface area contributed by atoms with E-state index in [1.807, 2.05) is 19.2 Å². The molecule has 0 saturated heterocycles. The van der Waals surface area contributed by atoms with Gasteiger partial charge in [0.2, 0.25) is 0 Å². The van der Waals surface area contributed by atoms with Crippen LogP contribution >= 0.6 is 23.2 Å². The van der Waals surface area contributed by atoms with Crippen molar-refractivity contribution in [2.24, 2.45) is 7.05 Å². The van der Waals surface area contributed by atoms with E-state index in [1.165, 1.54) is 0 Å². The maximum Gasteiger partial charge on any atom is 0.268 e. The summed E-state index contributed by atoms with van der Waals surface area (Å²) in [4.78, 5) is 12.1. The minimum absolute atomic E-state index is 0.0557. The molecule has 0 radical (unpaired) electrons. The molecule has 0 fully saturated rings. The van der Waals surface area contributed by atoms with Crippen LogP contribution in [0, 0.1) is 0 Å². The Balaban J connectivity index is 2.02. The Kier molecular flexibility index (Phi) is 4.17. The number of rotatable bonds is 4. The second-order valence-corrected chi connectivity index (χ2v) is 5.10. The van der Waals surface area contributed by atoms with E-state index in [1.54, 1.807) is 28.6 Å². The molecule has 0 aromatic carbocycles. The minimum atomic E-state index is -0.212. The van der Waals surface area contributed by atoms with Crippen molar-refractivity contribution < 1.29 is 4.79 Å². The van der Waals surface area contributed by atoms with E-state index in [0.29, 0.717) is 22.4 Å². The van der Waals surface area contributed by atoms with E-state index in [-0.39, 0.29) is 11.9 Å². The quantitative estimate of drug-likeness (QED) is 0.942. The van der Waals surface area contributed by atoms with Gasteiger partial charge in [0.1, 0.15) is 10.8 Å². The molecule has 5 nitrogen and oxygen atoms in total. The number of hydrogen-bond acceptors (Lipinski definition) is 2. The van der Waals surface area contributed by atoms with Gasteiger partial charge in [-0.05, 0) is 19.1 Å². The fourth-order valence-electron chi connectivity index (χ4n) is 1.79. The van der Waals surface area contributed by atoms with Crippen LogP contribution in [0.2, 0.25) is 10.2 Å². The standard InChI is InChI=1S/C12H14Cl2N4O/c1-8(7-18-5-3-4-15-18)16-12(19)10-6-9(13)11(14)17(10)2/h3-6,8H,7H2,1-2H3,(H,16,19)/t8-/m1/s1. The summed E-state index contributed by atoms with van der Waals surface area (Å²) < 4.78 is 3.32. The van der Waals surface area contributed by atoms with E-state index in [4.69, 9.17) is 23.2 Å².